The van der Waals surface area contributed by atoms with Crippen LogP contribution in [0.3, 0.4) is 0 Å². The summed E-state index contributed by atoms with van der Waals surface area (Å²) in [6.45, 7) is 9.78. The monoisotopic (exact) mass is 1130 g/mol. The fourth-order valence-electron chi connectivity index (χ4n) is 11.3. The molecular weight excluding hydrogens is 1050 g/mol. The van der Waals surface area contributed by atoms with Gasteiger partial charge in [-0.2, -0.15) is 0 Å². The first kappa shape index (κ1) is 57.4. The van der Waals surface area contributed by atoms with Gasteiger partial charge in [0.05, 0.1) is 50.0 Å². The number of nitrogens with zero attached hydrogens (tertiary/aromatic N) is 3. The van der Waals surface area contributed by atoms with Gasteiger partial charge >= 0.3 is 6.09 Å². The number of fused-ring (bicyclic) bond motifs is 2. The van der Waals surface area contributed by atoms with Crippen LogP contribution in [0.15, 0.2) is 94.7 Å². The van der Waals surface area contributed by atoms with Gasteiger partial charge in [0.1, 0.15) is 28.9 Å². The summed E-state index contributed by atoms with van der Waals surface area (Å²) in [7, 11) is -7.50. The minimum absolute atomic E-state index is 0.0455. The van der Waals surface area contributed by atoms with E-state index in [1.165, 1.54) is 43.2 Å². The van der Waals surface area contributed by atoms with Crippen molar-refractivity contribution in [2.75, 3.05) is 6.54 Å². The molecule has 4 fully saturated rings. The lowest BCUT2D eigenvalue weighted by molar-refractivity contribution is -0.127. The molecule has 0 radical (unpaired) electrons. The Morgan fingerprint density at radius 3 is 1.47 bits per heavy atom. The second-order valence-electron chi connectivity index (χ2n) is 22.8. The van der Waals surface area contributed by atoms with Gasteiger partial charge < -0.3 is 25.3 Å². The molecule has 1 saturated heterocycles. The number of aromatic amines is 2. The molecule has 0 bridgehead atoms. The quantitative estimate of drug-likeness (QED) is 0.0603. The van der Waals surface area contributed by atoms with Gasteiger partial charge in [0.25, 0.3) is 0 Å². The van der Waals surface area contributed by atoms with Crippen molar-refractivity contribution in [2.24, 2.45) is 11.8 Å². The van der Waals surface area contributed by atoms with Crippen molar-refractivity contribution < 1.29 is 44.7 Å². The Morgan fingerprint density at radius 2 is 1.03 bits per heavy atom. The number of carbonyl (C=O) groups is 3. The van der Waals surface area contributed by atoms with E-state index in [0.717, 1.165) is 53.7 Å². The lowest BCUT2D eigenvalue weighted by Gasteiger charge is -2.29. The average Bonchev–Trinajstić information content (AvgIpc) is 4.42. The average molecular weight is 1130 g/mol. The third-order valence-electron chi connectivity index (χ3n) is 15.8. The normalized spacial score (nSPS) is 22.0. The summed E-state index contributed by atoms with van der Waals surface area (Å²) in [5.41, 5.74) is 3.78. The highest BCUT2D eigenvalue weighted by Gasteiger charge is 2.36. The number of imidazole rings is 2. The third-order valence-corrected chi connectivity index (χ3v) is 18.8. The molecule has 0 spiro atoms. The summed E-state index contributed by atoms with van der Waals surface area (Å²) < 4.78 is 90.4. The molecule has 2 aromatic heterocycles. The lowest BCUT2D eigenvalue weighted by Crippen LogP contribution is -2.41. The highest BCUT2D eigenvalue weighted by atomic mass is 32.2. The molecule has 1 aliphatic heterocycles. The number of ether oxygens (including phenoxy) is 1. The molecule has 6 aromatic rings. The number of hydrogen-bond donors (Lipinski definition) is 6. The molecule has 4 aromatic carbocycles. The van der Waals surface area contributed by atoms with Crippen LogP contribution in [0.5, 0.6) is 0 Å². The minimum atomic E-state index is -3.82. The van der Waals surface area contributed by atoms with Crippen molar-refractivity contribution in [2.45, 2.75) is 176 Å². The van der Waals surface area contributed by atoms with E-state index >= 15 is 0 Å². The molecule has 424 valence electrons. The van der Waals surface area contributed by atoms with Gasteiger partial charge in [0.15, 0.2) is 0 Å². The van der Waals surface area contributed by atoms with Gasteiger partial charge in [-0.15, -0.1) is 0 Å². The Kier molecular flexibility index (Phi) is 17.6. The molecule has 6 N–H and O–H groups in total. The number of amides is 3. The Hall–Kier alpha value is -6.29. The van der Waals surface area contributed by atoms with Crippen LogP contribution in [0.1, 0.15) is 171 Å². The number of carbonyl (C=O) groups excluding carboxylic acids is 3. The zero-order valence-corrected chi connectivity index (χ0v) is 47.1. The number of hydrogen-bond acceptors (Lipinski definition) is 10. The number of halogens is 2. The topological polar surface area (TPSA) is 237 Å². The lowest BCUT2D eigenvalue weighted by atomic mass is 9.85. The Bertz CT molecular complexity index is 3340. The highest BCUT2D eigenvalue weighted by molar-refractivity contribution is 7.89. The first-order valence-corrected chi connectivity index (χ1v) is 30.7. The van der Waals surface area contributed by atoms with Crippen LogP contribution in [0.2, 0.25) is 0 Å². The van der Waals surface area contributed by atoms with E-state index in [9.17, 15) is 40.0 Å². The standard InChI is InChI=1S/C31H40FN5O5S.C27H33FN4O3S/c1-19(20-7-11-22(32)12-8-20)33-29(38)21-9-13-23(14-10-21)36-43(40,41)24-15-16-25-26(18-24)35-28(34-25)27-6-5-17-37(27)30(39)42-31(2,3)4;1-17(18-6-10-21(28)11-7-18)29-27(33)20-8-12-22(13-9-20)32-36(34,35)23-14-15-24-25(16-23)31-26(30-24)19-4-2-3-5-19/h7-8,11-12,15-16,18-19,21,23,27,36H,5-6,9-10,13-14,17H2,1-4H3,(H,33,38)(H,34,35);6-7,10-11,14-17,19-20,22,32H,2-5,8-9,12-13H2,1H3,(H,29,33)(H,30,31)/t19-,21?,23?,27+;17-,20?,22?/m11/s1. The summed E-state index contributed by atoms with van der Waals surface area (Å²) in [5, 5.41) is 6.00. The van der Waals surface area contributed by atoms with E-state index in [1.54, 1.807) is 59.5 Å². The molecule has 3 aliphatic carbocycles. The fourth-order valence-corrected chi connectivity index (χ4v) is 14.0. The summed E-state index contributed by atoms with van der Waals surface area (Å²) in [4.78, 5) is 56.3. The molecule has 3 heterocycles. The maximum Gasteiger partial charge on any atom is 0.410 e. The zero-order valence-electron chi connectivity index (χ0n) is 45.5. The molecule has 4 aliphatic rings. The van der Waals surface area contributed by atoms with E-state index in [4.69, 9.17) is 4.74 Å². The van der Waals surface area contributed by atoms with E-state index in [2.05, 4.69) is 40.0 Å². The third kappa shape index (κ3) is 14.4. The van der Waals surface area contributed by atoms with Gasteiger partial charge in [0.2, 0.25) is 31.9 Å². The largest absolute Gasteiger partial charge is 0.444 e. The summed E-state index contributed by atoms with van der Waals surface area (Å²) in [6.07, 6.45) is 10.5. The van der Waals surface area contributed by atoms with Crippen molar-refractivity contribution in [3.8, 4) is 0 Å². The Labute approximate surface area is 461 Å². The number of benzene rings is 4. The number of rotatable bonds is 14. The van der Waals surface area contributed by atoms with E-state index < -0.39 is 31.7 Å². The number of aromatic nitrogens is 4. The van der Waals surface area contributed by atoms with Crippen LogP contribution in [0, 0.1) is 23.5 Å². The van der Waals surface area contributed by atoms with Crippen molar-refractivity contribution in [1.82, 2.24) is 44.9 Å². The van der Waals surface area contributed by atoms with Gasteiger partial charge in [-0.25, -0.2) is 49.8 Å². The smallest absolute Gasteiger partial charge is 0.410 e. The van der Waals surface area contributed by atoms with E-state index in [0.29, 0.717) is 80.7 Å². The Morgan fingerprint density at radius 1 is 0.595 bits per heavy atom. The van der Waals surface area contributed by atoms with Gasteiger partial charge in [-0.3, -0.25) is 14.5 Å². The predicted molar refractivity (Wildman–Crippen MR) is 296 cm³/mol. The van der Waals surface area contributed by atoms with Crippen LogP contribution >= 0.6 is 0 Å². The number of sulfonamides is 2. The molecule has 3 amide bonds. The van der Waals surface area contributed by atoms with Crippen LogP contribution in [-0.2, 0) is 34.4 Å². The fraction of sp³-hybridized carbons (Fsp3) is 0.500. The van der Waals surface area contributed by atoms with Crippen molar-refractivity contribution in [1.29, 1.82) is 0 Å². The van der Waals surface area contributed by atoms with E-state index in [1.807, 2.05) is 34.6 Å². The van der Waals surface area contributed by atoms with E-state index in [-0.39, 0.29) is 75.3 Å². The van der Waals surface area contributed by atoms with Gasteiger partial charge in [-0.05, 0) is 183 Å². The van der Waals surface area contributed by atoms with Gasteiger partial charge in [-0.1, -0.05) is 37.1 Å². The highest BCUT2D eigenvalue weighted by Crippen LogP contribution is 2.36. The van der Waals surface area contributed by atoms with Crippen molar-refractivity contribution in [3.05, 3.63) is 119 Å². The number of likely N-dealkylation sites (tertiary alicyclic amines) is 1. The van der Waals surface area contributed by atoms with Crippen LogP contribution < -0.4 is 20.1 Å². The minimum Gasteiger partial charge on any atom is -0.444 e. The number of nitrogens with one attached hydrogen (secondary N) is 6. The maximum absolute atomic E-state index is 13.3. The molecule has 21 heteroatoms. The predicted octanol–water partition coefficient (Wildman–Crippen LogP) is 10.6. The van der Waals surface area contributed by atoms with Crippen molar-refractivity contribution >= 4 is 60.0 Å². The first-order valence-electron chi connectivity index (χ1n) is 27.7. The summed E-state index contributed by atoms with van der Waals surface area (Å²) in [5.74, 6) is 0.859. The molecule has 0 unspecified atom stereocenters. The second kappa shape index (κ2) is 24.2. The second-order valence-corrected chi connectivity index (χ2v) is 26.2. The van der Waals surface area contributed by atoms with Gasteiger partial charge in [0, 0.05) is 36.4 Å². The number of H-pyrrole nitrogens is 2. The first-order chi connectivity index (χ1) is 37.6. The summed E-state index contributed by atoms with van der Waals surface area (Å²) in [6, 6.07) is 20.7. The molecule has 3 atom stereocenters. The summed E-state index contributed by atoms with van der Waals surface area (Å²) >= 11 is 0. The van der Waals surface area contributed by atoms with Crippen LogP contribution in [-0.4, -0.2) is 83.8 Å². The zero-order chi connectivity index (χ0) is 56.2. The van der Waals surface area contributed by atoms with Crippen molar-refractivity contribution in [3.63, 3.8) is 0 Å². The molecule has 3 saturated carbocycles. The van der Waals surface area contributed by atoms with Crippen LogP contribution in [0.4, 0.5) is 13.6 Å². The molecule has 79 heavy (non-hydrogen) atoms. The van der Waals surface area contributed by atoms with Crippen LogP contribution in [0.25, 0.3) is 22.1 Å². The molecule has 10 rings (SSSR count). The molecular formula is C58H73F2N9O8S2. The Balaban J connectivity index is 0.000000195. The SMILES string of the molecule is C[C@@H](NC(=O)C1CCC(NS(=O)(=O)c2ccc3nc(C4CCCC4)[nH]c3c2)CC1)c1ccc(F)cc1.C[C@@H](NC(=O)C1CCC(NS(=O)(=O)c2ccc3nc([C@@H]4CCCN4C(=O)OC(C)(C)C)[nH]c3c2)CC1)c1ccc(F)cc1. The molecule has 17 nitrogen and oxygen atoms in total. The maximum atomic E-state index is 13.3.